The number of anilines is 1. The molecule has 0 aliphatic carbocycles. The molecular formula is C20H25N3O6S. The lowest BCUT2D eigenvalue weighted by Gasteiger charge is -2.14. The quantitative estimate of drug-likeness (QED) is 0.358. The van der Waals surface area contributed by atoms with Crippen LogP contribution in [0.4, 0.5) is 5.88 Å². The molecule has 0 spiro atoms. The highest BCUT2D eigenvalue weighted by Crippen LogP contribution is 2.31. The molecule has 0 fully saturated rings. The minimum absolute atomic E-state index is 0.0577. The number of carbonyl (C=O) groups excluding carboxylic acids is 3. The SMILES string of the molecule is CCOC(=O)c1c(C)oc(NC(=O)C(CC)Sc2cc(C)ncn2)c1C(=O)OCC. The van der Waals surface area contributed by atoms with E-state index in [9.17, 15) is 14.4 Å². The van der Waals surface area contributed by atoms with E-state index in [1.807, 2.05) is 13.8 Å². The third-order valence-electron chi connectivity index (χ3n) is 3.99. The summed E-state index contributed by atoms with van der Waals surface area (Å²) >= 11 is 1.27. The maximum Gasteiger partial charge on any atom is 0.344 e. The molecule has 1 amide bonds. The molecule has 9 nitrogen and oxygen atoms in total. The van der Waals surface area contributed by atoms with Crippen molar-refractivity contribution in [2.45, 2.75) is 51.3 Å². The molecule has 0 saturated carbocycles. The molecule has 10 heteroatoms. The highest BCUT2D eigenvalue weighted by molar-refractivity contribution is 8.00. The lowest BCUT2D eigenvalue weighted by Crippen LogP contribution is -2.26. The number of carbonyl (C=O) groups is 3. The highest BCUT2D eigenvalue weighted by Gasteiger charge is 2.32. The second kappa shape index (κ2) is 10.8. The van der Waals surface area contributed by atoms with Gasteiger partial charge in [-0.3, -0.25) is 10.1 Å². The van der Waals surface area contributed by atoms with Crippen LogP contribution in [0, 0.1) is 13.8 Å². The van der Waals surface area contributed by atoms with Crippen LogP contribution in [0.5, 0.6) is 0 Å². The Morgan fingerprint density at radius 1 is 1.07 bits per heavy atom. The highest BCUT2D eigenvalue weighted by atomic mass is 32.2. The molecule has 1 N–H and O–H groups in total. The van der Waals surface area contributed by atoms with Crippen LogP contribution in [-0.4, -0.2) is 46.3 Å². The van der Waals surface area contributed by atoms with E-state index in [0.29, 0.717) is 11.4 Å². The van der Waals surface area contributed by atoms with Crippen molar-refractivity contribution in [1.82, 2.24) is 9.97 Å². The molecular weight excluding hydrogens is 410 g/mol. The van der Waals surface area contributed by atoms with Crippen molar-refractivity contribution in [2.75, 3.05) is 18.5 Å². The van der Waals surface area contributed by atoms with E-state index in [-0.39, 0.29) is 36.0 Å². The van der Waals surface area contributed by atoms with Gasteiger partial charge in [-0.25, -0.2) is 19.6 Å². The number of esters is 2. The molecule has 0 aromatic carbocycles. The first-order chi connectivity index (χ1) is 14.3. The van der Waals surface area contributed by atoms with Gasteiger partial charge < -0.3 is 13.9 Å². The van der Waals surface area contributed by atoms with Gasteiger partial charge in [0.05, 0.1) is 18.5 Å². The number of nitrogens with one attached hydrogen (secondary N) is 1. The molecule has 0 radical (unpaired) electrons. The molecule has 2 aromatic heterocycles. The van der Waals surface area contributed by atoms with Crippen LogP contribution >= 0.6 is 11.8 Å². The Labute approximate surface area is 178 Å². The number of nitrogens with zero attached hydrogens (tertiary/aromatic N) is 2. The standard InChI is InChI=1S/C20H25N3O6S/c1-6-13(30-14-9-11(4)21-10-22-14)17(24)23-18-16(20(26)28-8-3)15(12(5)29-18)19(25)27-7-2/h9-10,13H,6-8H2,1-5H3,(H,23,24). The molecule has 2 rings (SSSR count). The summed E-state index contributed by atoms with van der Waals surface area (Å²) in [6.07, 6.45) is 1.93. The molecule has 1 unspecified atom stereocenters. The second-order valence-corrected chi connectivity index (χ2v) is 7.40. The Morgan fingerprint density at radius 3 is 2.27 bits per heavy atom. The van der Waals surface area contributed by atoms with Gasteiger partial charge in [0.2, 0.25) is 11.8 Å². The largest absolute Gasteiger partial charge is 0.462 e. The monoisotopic (exact) mass is 435 g/mol. The van der Waals surface area contributed by atoms with Gasteiger partial charge in [0.25, 0.3) is 0 Å². The number of thioether (sulfide) groups is 1. The molecule has 0 aliphatic heterocycles. The molecule has 2 heterocycles. The number of aromatic nitrogens is 2. The summed E-state index contributed by atoms with van der Waals surface area (Å²) in [5, 5.41) is 2.76. The van der Waals surface area contributed by atoms with Crippen molar-refractivity contribution in [1.29, 1.82) is 0 Å². The Bertz CT molecular complexity index is 927. The minimum atomic E-state index is -0.778. The predicted molar refractivity (Wildman–Crippen MR) is 111 cm³/mol. The Morgan fingerprint density at radius 2 is 1.70 bits per heavy atom. The van der Waals surface area contributed by atoms with Gasteiger partial charge in [-0.15, -0.1) is 0 Å². The molecule has 0 bridgehead atoms. The van der Waals surface area contributed by atoms with Crippen LogP contribution in [0.2, 0.25) is 0 Å². The van der Waals surface area contributed by atoms with Gasteiger partial charge in [0.1, 0.15) is 28.2 Å². The van der Waals surface area contributed by atoms with Gasteiger partial charge in [-0.1, -0.05) is 18.7 Å². The van der Waals surface area contributed by atoms with Crippen molar-refractivity contribution in [2.24, 2.45) is 0 Å². The fourth-order valence-electron chi connectivity index (χ4n) is 2.63. The fourth-order valence-corrected chi connectivity index (χ4v) is 3.61. The van der Waals surface area contributed by atoms with Gasteiger partial charge in [-0.2, -0.15) is 0 Å². The summed E-state index contributed by atoms with van der Waals surface area (Å²) in [4.78, 5) is 45.9. The third-order valence-corrected chi connectivity index (χ3v) is 5.28. The van der Waals surface area contributed by atoms with Crippen molar-refractivity contribution in [3.05, 3.63) is 35.0 Å². The van der Waals surface area contributed by atoms with Gasteiger partial charge in [-0.05, 0) is 40.2 Å². The lowest BCUT2D eigenvalue weighted by atomic mass is 10.1. The van der Waals surface area contributed by atoms with E-state index in [1.165, 1.54) is 25.0 Å². The van der Waals surface area contributed by atoms with Crippen LogP contribution in [0.15, 0.2) is 21.8 Å². The Kier molecular flexibility index (Phi) is 8.40. The van der Waals surface area contributed by atoms with E-state index < -0.39 is 23.1 Å². The molecule has 0 saturated heterocycles. The first kappa shape index (κ1) is 23.4. The van der Waals surface area contributed by atoms with E-state index in [0.717, 1.165) is 5.69 Å². The van der Waals surface area contributed by atoms with Crippen LogP contribution in [0.25, 0.3) is 0 Å². The van der Waals surface area contributed by atoms with Crippen molar-refractivity contribution < 1.29 is 28.3 Å². The smallest absolute Gasteiger partial charge is 0.344 e. The van der Waals surface area contributed by atoms with Crippen LogP contribution in [0.3, 0.4) is 0 Å². The van der Waals surface area contributed by atoms with Crippen LogP contribution < -0.4 is 5.32 Å². The third kappa shape index (κ3) is 5.59. The predicted octanol–water partition coefficient (Wildman–Crippen LogP) is 3.55. The van der Waals surface area contributed by atoms with Crippen molar-refractivity contribution in [3.8, 4) is 0 Å². The average molecular weight is 436 g/mol. The summed E-state index contributed by atoms with van der Waals surface area (Å²) in [6.45, 7) is 8.72. The van der Waals surface area contributed by atoms with Crippen LogP contribution in [0.1, 0.15) is 59.4 Å². The first-order valence-electron chi connectivity index (χ1n) is 9.56. The van der Waals surface area contributed by atoms with Gasteiger partial charge in [0.15, 0.2) is 0 Å². The van der Waals surface area contributed by atoms with E-state index >= 15 is 0 Å². The topological polar surface area (TPSA) is 121 Å². The first-order valence-corrected chi connectivity index (χ1v) is 10.4. The van der Waals surface area contributed by atoms with Crippen molar-refractivity contribution >= 4 is 35.5 Å². The molecule has 162 valence electrons. The maximum atomic E-state index is 12.9. The van der Waals surface area contributed by atoms with Crippen molar-refractivity contribution in [3.63, 3.8) is 0 Å². The normalized spacial score (nSPS) is 11.6. The molecule has 30 heavy (non-hydrogen) atoms. The summed E-state index contributed by atoms with van der Waals surface area (Å²) in [7, 11) is 0. The Balaban J connectivity index is 2.32. The fraction of sp³-hybridized carbons (Fsp3) is 0.450. The van der Waals surface area contributed by atoms with Crippen LogP contribution in [-0.2, 0) is 14.3 Å². The minimum Gasteiger partial charge on any atom is -0.462 e. The Hall–Kier alpha value is -2.88. The number of hydrogen-bond acceptors (Lipinski definition) is 9. The van der Waals surface area contributed by atoms with Gasteiger partial charge in [0, 0.05) is 5.69 Å². The number of ether oxygens (including phenoxy) is 2. The molecule has 0 aliphatic rings. The van der Waals surface area contributed by atoms with E-state index in [4.69, 9.17) is 13.9 Å². The summed E-state index contributed by atoms with van der Waals surface area (Å²) in [6, 6.07) is 1.78. The number of hydrogen-bond donors (Lipinski definition) is 1. The molecule has 2 aromatic rings. The zero-order valence-electron chi connectivity index (χ0n) is 17.6. The summed E-state index contributed by atoms with van der Waals surface area (Å²) in [5.74, 6) is -1.88. The number of aryl methyl sites for hydroxylation is 2. The number of rotatable bonds is 9. The zero-order valence-corrected chi connectivity index (χ0v) is 18.4. The summed E-state index contributed by atoms with van der Waals surface area (Å²) < 4.78 is 15.6. The number of amides is 1. The van der Waals surface area contributed by atoms with E-state index in [1.54, 1.807) is 19.9 Å². The lowest BCUT2D eigenvalue weighted by molar-refractivity contribution is -0.115. The maximum absolute atomic E-state index is 12.9. The average Bonchev–Trinajstić information content (AvgIpc) is 3.02. The van der Waals surface area contributed by atoms with Gasteiger partial charge >= 0.3 is 11.9 Å². The second-order valence-electron chi connectivity index (χ2n) is 6.18. The molecule has 1 atom stereocenters. The summed E-state index contributed by atoms with van der Waals surface area (Å²) in [5.41, 5.74) is 0.574. The zero-order chi connectivity index (χ0) is 22.3. The number of furan rings is 1. The van der Waals surface area contributed by atoms with E-state index in [2.05, 4.69) is 15.3 Å².